The van der Waals surface area contributed by atoms with Crippen molar-refractivity contribution in [1.82, 2.24) is 0 Å². The van der Waals surface area contributed by atoms with E-state index in [0.717, 1.165) is 17.1 Å². The first kappa shape index (κ1) is 11.9. The van der Waals surface area contributed by atoms with Crippen molar-refractivity contribution in [1.29, 1.82) is 0 Å². The molecule has 16 heavy (non-hydrogen) atoms. The van der Waals surface area contributed by atoms with Crippen molar-refractivity contribution >= 4 is 11.4 Å². The Labute approximate surface area is 95.7 Å². The summed E-state index contributed by atoms with van der Waals surface area (Å²) in [6.45, 7) is 0. The van der Waals surface area contributed by atoms with Crippen LogP contribution in [0.25, 0.3) is 0 Å². The fraction of sp³-hybridized carbons (Fsp3) is 0.0769. The molecule has 0 aromatic heterocycles. The third kappa shape index (κ3) is 4.37. The fourth-order valence-electron chi connectivity index (χ4n) is 1.06. The van der Waals surface area contributed by atoms with E-state index in [1.165, 1.54) is 0 Å². The Morgan fingerprint density at radius 2 is 1.25 bits per heavy atom. The Hall–Kier alpha value is -2.16. The fourth-order valence-corrected chi connectivity index (χ4v) is 1.06. The minimum atomic E-state index is 0.760. The van der Waals surface area contributed by atoms with Crippen LogP contribution in [0.3, 0.4) is 0 Å². The molecule has 0 saturated carbocycles. The summed E-state index contributed by atoms with van der Waals surface area (Å²) in [5.74, 6) is 0.837. The molecule has 2 aromatic rings. The van der Waals surface area contributed by atoms with Crippen LogP contribution in [0.4, 0.5) is 11.4 Å². The zero-order valence-electron chi connectivity index (χ0n) is 9.26. The van der Waals surface area contributed by atoms with Crippen molar-refractivity contribution in [3.63, 3.8) is 0 Å². The number of hydrogen-bond acceptors (Lipinski definition) is 3. The topological polar surface area (TPSA) is 61.3 Å². The molecule has 0 aliphatic heterocycles. The monoisotopic (exact) mass is 216 g/mol. The molecule has 0 bridgehead atoms. The van der Waals surface area contributed by atoms with Crippen LogP contribution in [0.2, 0.25) is 0 Å². The average molecular weight is 216 g/mol. The van der Waals surface area contributed by atoms with Crippen LogP contribution >= 0.6 is 0 Å². The number of rotatable bonds is 1. The number of ether oxygens (including phenoxy) is 1. The first-order valence-electron chi connectivity index (χ1n) is 4.92. The quantitative estimate of drug-likeness (QED) is 0.720. The first-order valence-corrected chi connectivity index (χ1v) is 4.92. The third-order valence-corrected chi connectivity index (χ3v) is 1.92. The van der Waals surface area contributed by atoms with E-state index in [0.29, 0.717) is 0 Å². The molecule has 0 spiro atoms. The van der Waals surface area contributed by atoms with Crippen molar-refractivity contribution in [2.45, 2.75) is 0 Å². The second-order valence-electron chi connectivity index (χ2n) is 3.18. The summed E-state index contributed by atoms with van der Waals surface area (Å²) in [6, 6.07) is 16.8. The van der Waals surface area contributed by atoms with Gasteiger partial charge in [-0.3, -0.25) is 0 Å². The molecule has 2 rings (SSSR count). The van der Waals surface area contributed by atoms with Crippen molar-refractivity contribution in [3.05, 3.63) is 54.6 Å². The lowest BCUT2D eigenvalue weighted by Crippen LogP contribution is -1.84. The molecule has 0 radical (unpaired) electrons. The molecule has 4 N–H and O–H groups in total. The van der Waals surface area contributed by atoms with Gasteiger partial charge in [-0.25, -0.2) is 0 Å². The van der Waals surface area contributed by atoms with E-state index in [1.807, 2.05) is 42.5 Å². The number of methoxy groups -OCH3 is 1. The van der Waals surface area contributed by atoms with E-state index in [1.54, 1.807) is 19.2 Å². The number of para-hydroxylation sites is 1. The molecular weight excluding hydrogens is 200 g/mol. The second kappa shape index (κ2) is 6.35. The third-order valence-electron chi connectivity index (χ3n) is 1.92. The van der Waals surface area contributed by atoms with Gasteiger partial charge in [-0.1, -0.05) is 18.2 Å². The van der Waals surface area contributed by atoms with E-state index in [-0.39, 0.29) is 0 Å². The molecule has 0 atom stereocenters. The molecule has 0 amide bonds. The van der Waals surface area contributed by atoms with Crippen LogP contribution in [0, 0.1) is 0 Å². The highest BCUT2D eigenvalue weighted by molar-refractivity contribution is 5.41. The van der Waals surface area contributed by atoms with Gasteiger partial charge in [0, 0.05) is 11.4 Å². The van der Waals surface area contributed by atoms with Gasteiger partial charge in [0.1, 0.15) is 5.75 Å². The Kier molecular flexibility index (Phi) is 4.73. The summed E-state index contributed by atoms with van der Waals surface area (Å²) in [6.07, 6.45) is 0. The lowest BCUT2D eigenvalue weighted by atomic mass is 10.3. The van der Waals surface area contributed by atoms with Crippen LogP contribution in [-0.2, 0) is 0 Å². The zero-order chi connectivity index (χ0) is 11.8. The number of nitrogens with two attached hydrogens (primary N) is 2. The normalized spacial score (nSPS) is 8.81. The lowest BCUT2D eigenvalue weighted by Gasteiger charge is -1.97. The zero-order valence-corrected chi connectivity index (χ0v) is 9.26. The molecule has 0 heterocycles. The Morgan fingerprint density at radius 3 is 1.62 bits per heavy atom. The summed E-state index contributed by atoms with van der Waals surface area (Å²) in [4.78, 5) is 0. The number of hydrogen-bond donors (Lipinski definition) is 2. The SMILES string of the molecule is COc1ccc(N)cc1.Nc1ccccc1. The number of anilines is 2. The summed E-state index contributed by atoms with van der Waals surface area (Å²) < 4.78 is 4.91. The lowest BCUT2D eigenvalue weighted by molar-refractivity contribution is 0.415. The van der Waals surface area contributed by atoms with Crippen molar-refractivity contribution in [2.24, 2.45) is 0 Å². The maximum Gasteiger partial charge on any atom is 0.119 e. The van der Waals surface area contributed by atoms with Gasteiger partial charge in [-0.05, 0) is 36.4 Å². The van der Waals surface area contributed by atoms with Gasteiger partial charge in [0.25, 0.3) is 0 Å². The summed E-state index contributed by atoms with van der Waals surface area (Å²) in [5, 5.41) is 0. The molecule has 0 aliphatic carbocycles. The average Bonchev–Trinajstić information content (AvgIpc) is 2.32. The van der Waals surface area contributed by atoms with Crippen molar-refractivity contribution in [3.8, 4) is 5.75 Å². The van der Waals surface area contributed by atoms with Gasteiger partial charge in [0.15, 0.2) is 0 Å². The van der Waals surface area contributed by atoms with Gasteiger partial charge in [0.05, 0.1) is 7.11 Å². The molecule has 3 nitrogen and oxygen atoms in total. The van der Waals surface area contributed by atoms with Crippen LogP contribution < -0.4 is 16.2 Å². The van der Waals surface area contributed by atoms with Crippen LogP contribution in [-0.4, -0.2) is 7.11 Å². The highest BCUT2D eigenvalue weighted by Crippen LogP contribution is 2.11. The van der Waals surface area contributed by atoms with Crippen LogP contribution in [0.1, 0.15) is 0 Å². The predicted octanol–water partition coefficient (Wildman–Crippen LogP) is 2.55. The van der Waals surface area contributed by atoms with Gasteiger partial charge in [-0.2, -0.15) is 0 Å². The molecular formula is C13H16N2O. The highest BCUT2D eigenvalue weighted by Gasteiger charge is 1.86. The summed E-state index contributed by atoms with van der Waals surface area (Å²) in [7, 11) is 1.63. The minimum absolute atomic E-state index is 0.760. The molecule has 3 heteroatoms. The van der Waals surface area contributed by atoms with Crippen LogP contribution in [0.15, 0.2) is 54.6 Å². The number of benzene rings is 2. The largest absolute Gasteiger partial charge is 0.497 e. The van der Waals surface area contributed by atoms with Crippen molar-refractivity contribution < 1.29 is 4.74 Å². The summed E-state index contributed by atoms with van der Waals surface area (Å²) >= 11 is 0. The Bertz CT molecular complexity index is 398. The second-order valence-corrected chi connectivity index (χ2v) is 3.18. The van der Waals surface area contributed by atoms with E-state index in [4.69, 9.17) is 16.2 Å². The van der Waals surface area contributed by atoms with Gasteiger partial charge in [-0.15, -0.1) is 0 Å². The van der Waals surface area contributed by atoms with Crippen molar-refractivity contribution in [2.75, 3.05) is 18.6 Å². The molecule has 84 valence electrons. The van der Waals surface area contributed by atoms with E-state index in [9.17, 15) is 0 Å². The first-order chi connectivity index (χ1) is 7.72. The number of nitrogen functional groups attached to an aromatic ring is 2. The van der Waals surface area contributed by atoms with E-state index < -0.39 is 0 Å². The molecule has 2 aromatic carbocycles. The molecule has 0 saturated heterocycles. The standard InChI is InChI=1S/C7H9NO.C6H7N/c1-9-7-4-2-6(8)3-5-7;7-6-4-2-1-3-5-6/h2-5H,8H2,1H3;1-5H,7H2. The highest BCUT2D eigenvalue weighted by atomic mass is 16.5. The predicted molar refractivity (Wildman–Crippen MR) is 68.3 cm³/mol. The molecule has 0 aliphatic rings. The van der Waals surface area contributed by atoms with E-state index >= 15 is 0 Å². The Balaban J connectivity index is 0.000000165. The maximum atomic E-state index is 5.43. The molecule has 0 fully saturated rings. The van der Waals surface area contributed by atoms with Gasteiger partial charge < -0.3 is 16.2 Å². The van der Waals surface area contributed by atoms with E-state index in [2.05, 4.69) is 0 Å². The molecule has 0 unspecified atom stereocenters. The Morgan fingerprint density at radius 1 is 0.750 bits per heavy atom. The smallest absolute Gasteiger partial charge is 0.119 e. The van der Waals surface area contributed by atoms with Gasteiger partial charge in [0.2, 0.25) is 0 Å². The summed E-state index contributed by atoms with van der Waals surface area (Å²) in [5.41, 5.74) is 12.4. The van der Waals surface area contributed by atoms with Crippen LogP contribution in [0.5, 0.6) is 5.75 Å². The van der Waals surface area contributed by atoms with Gasteiger partial charge >= 0.3 is 0 Å². The maximum absolute atomic E-state index is 5.43. The minimum Gasteiger partial charge on any atom is -0.497 e.